The number of aliphatic hydroxyl groups excluding tert-OH is 1. The molecule has 0 spiro atoms. The highest BCUT2D eigenvalue weighted by Gasteiger charge is 2.24. The molecule has 0 saturated carbocycles. The molecule has 3 rings (SSSR count). The van der Waals surface area contributed by atoms with Gasteiger partial charge in [0, 0.05) is 16.7 Å². The van der Waals surface area contributed by atoms with Gasteiger partial charge in [-0.3, -0.25) is 4.79 Å². The topological polar surface area (TPSA) is 108 Å². The molecule has 2 aromatic rings. The first-order chi connectivity index (χ1) is 17.8. The van der Waals surface area contributed by atoms with E-state index in [1.54, 1.807) is 21.1 Å². The van der Waals surface area contributed by atoms with Crippen LogP contribution < -0.4 is 9.47 Å². The second-order valence-corrected chi connectivity index (χ2v) is 8.01. The number of hydrogen-bond donors (Lipinski definition) is 1. The first-order valence-corrected chi connectivity index (χ1v) is 12.3. The Bertz CT molecular complexity index is 1110. The number of carbonyl (C=O) groups is 1. The maximum atomic E-state index is 11.5. The van der Waals surface area contributed by atoms with Gasteiger partial charge in [-0.05, 0) is 52.8 Å². The standard InChI is InChI=1S/C15H21NO4.C13H17NO3/c1-5-19-14(10-15(17)20-6-2)16-12-8-7-9-13(18-4)11(12)3;1-4-17-12-7-10(15)9-5-6-11(16-3)8(2)13(9)14-12/h7-9H,5-6,10H2,1-4H3;5-6,10,15H,4,7H2,1-3H3. The fourth-order valence-corrected chi connectivity index (χ4v) is 3.75. The molecule has 1 heterocycles. The van der Waals surface area contributed by atoms with Crippen molar-refractivity contribution in [1.29, 1.82) is 0 Å². The first kappa shape index (κ1) is 29.6. The van der Waals surface area contributed by atoms with Gasteiger partial charge in [0.15, 0.2) is 11.8 Å². The Morgan fingerprint density at radius 3 is 2.27 bits per heavy atom. The Kier molecular flexibility index (Phi) is 11.9. The summed E-state index contributed by atoms with van der Waals surface area (Å²) in [5, 5.41) is 10.0. The van der Waals surface area contributed by atoms with Crippen LogP contribution in [0, 0.1) is 13.8 Å². The number of rotatable bonds is 8. The van der Waals surface area contributed by atoms with E-state index in [1.165, 1.54) is 0 Å². The van der Waals surface area contributed by atoms with Crippen LogP contribution >= 0.6 is 0 Å². The Hall–Kier alpha value is -3.59. The lowest BCUT2D eigenvalue weighted by atomic mass is 9.98. The number of carbonyl (C=O) groups excluding carboxylic acids is 1. The molecule has 1 atom stereocenters. The summed E-state index contributed by atoms with van der Waals surface area (Å²) >= 11 is 0. The molecule has 1 unspecified atom stereocenters. The molecule has 1 N–H and O–H groups in total. The van der Waals surface area contributed by atoms with E-state index in [0.29, 0.717) is 38.0 Å². The van der Waals surface area contributed by atoms with Crippen LogP contribution in [0.2, 0.25) is 0 Å². The molecule has 0 fully saturated rings. The van der Waals surface area contributed by atoms with Gasteiger partial charge in [-0.1, -0.05) is 12.1 Å². The monoisotopic (exact) mass is 514 g/mol. The Labute approximate surface area is 219 Å². The predicted molar refractivity (Wildman–Crippen MR) is 144 cm³/mol. The SMILES string of the molecule is CCOC(=O)CC(=Nc1cccc(OC)c1C)OCC.CCOC1=Nc2c(ccc(OC)c2C)C(O)C1. The molecular weight excluding hydrogens is 476 g/mol. The average molecular weight is 515 g/mol. The molecule has 0 radical (unpaired) electrons. The third-order valence-electron chi connectivity index (χ3n) is 5.54. The van der Waals surface area contributed by atoms with E-state index in [9.17, 15) is 9.90 Å². The zero-order valence-corrected chi connectivity index (χ0v) is 22.8. The van der Waals surface area contributed by atoms with E-state index in [1.807, 2.05) is 58.0 Å². The molecule has 0 bridgehead atoms. The molecule has 1 aliphatic heterocycles. The quantitative estimate of drug-likeness (QED) is 0.280. The normalized spacial score (nSPS) is 14.4. The van der Waals surface area contributed by atoms with Crippen LogP contribution in [0.25, 0.3) is 0 Å². The number of hydrogen-bond acceptors (Lipinski definition) is 9. The van der Waals surface area contributed by atoms with E-state index < -0.39 is 6.10 Å². The van der Waals surface area contributed by atoms with E-state index in [0.717, 1.165) is 39.6 Å². The van der Waals surface area contributed by atoms with Crippen molar-refractivity contribution < 1.29 is 33.6 Å². The molecule has 0 saturated heterocycles. The Morgan fingerprint density at radius 2 is 1.65 bits per heavy atom. The highest BCUT2D eigenvalue weighted by Crippen LogP contribution is 2.39. The van der Waals surface area contributed by atoms with Gasteiger partial charge >= 0.3 is 5.97 Å². The van der Waals surface area contributed by atoms with E-state index in [4.69, 9.17) is 23.7 Å². The third kappa shape index (κ3) is 8.21. The molecule has 0 aliphatic carbocycles. The van der Waals surface area contributed by atoms with E-state index >= 15 is 0 Å². The maximum absolute atomic E-state index is 11.5. The first-order valence-electron chi connectivity index (χ1n) is 12.3. The van der Waals surface area contributed by atoms with Crippen LogP contribution in [0.5, 0.6) is 11.5 Å². The lowest BCUT2D eigenvalue weighted by molar-refractivity contribution is -0.141. The second-order valence-electron chi connectivity index (χ2n) is 8.01. The van der Waals surface area contributed by atoms with Gasteiger partial charge in [0.2, 0.25) is 0 Å². The number of aliphatic imine (C=N–C) groups is 2. The van der Waals surface area contributed by atoms with Crippen molar-refractivity contribution in [2.24, 2.45) is 9.98 Å². The van der Waals surface area contributed by atoms with E-state index in [-0.39, 0.29) is 12.4 Å². The second kappa shape index (κ2) is 14.8. The summed E-state index contributed by atoms with van der Waals surface area (Å²) in [6.07, 6.45) is -0.0843. The van der Waals surface area contributed by atoms with Crippen molar-refractivity contribution in [3.63, 3.8) is 0 Å². The fraction of sp³-hybridized carbons (Fsp3) is 0.464. The van der Waals surface area contributed by atoms with E-state index in [2.05, 4.69) is 9.98 Å². The molecule has 0 amide bonds. The molecular formula is C28H38N2O7. The van der Waals surface area contributed by atoms with Gasteiger partial charge < -0.3 is 28.8 Å². The molecule has 202 valence electrons. The van der Waals surface area contributed by atoms with Crippen LogP contribution in [0.4, 0.5) is 11.4 Å². The number of fused-ring (bicyclic) bond motifs is 1. The Balaban J connectivity index is 0.000000263. The summed E-state index contributed by atoms with van der Waals surface area (Å²) in [7, 11) is 3.24. The molecule has 2 aromatic carbocycles. The third-order valence-corrected chi connectivity index (χ3v) is 5.54. The molecule has 9 nitrogen and oxygen atoms in total. The van der Waals surface area contributed by atoms with Crippen molar-refractivity contribution in [3.8, 4) is 11.5 Å². The van der Waals surface area contributed by atoms with Crippen molar-refractivity contribution in [3.05, 3.63) is 47.0 Å². The van der Waals surface area contributed by atoms with Gasteiger partial charge in [0.05, 0.1) is 57.9 Å². The van der Waals surface area contributed by atoms with Crippen LogP contribution in [0.15, 0.2) is 40.3 Å². The largest absolute Gasteiger partial charge is 0.496 e. The number of ether oxygens (including phenoxy) is 5. The van der Waals surface area contributed by atoms with Crippen molar-refractivity contribution in [1.82, 2.24) is 0 Å². The fourth-order valence-electron chi connectivity index (χ4n) is 3.75. The zero-order valence-electron chi connectivity index (χ0n) is 22.8. The minimum Gasteiger partial charge on any atom is -0.496 e. The highest BCUT2D eigenvalue weighted by molar-refractivity contribution is 5.95. The minimum absolute atomic E-state index is 0.0261. The zero-order chi connectivity index (χ0) is 27.4. The van der Waals surface area contributed by atoms with Crippen LogP contribution in [0.3, 0.4) is 0 Å². The van der Waals surface area contributed by atoms with Crippen molar-refractivity contribution in [2.45, 2.75) is 53.6 Å². The number of benzene rings is 2. The van der Waals surface area contributed by atoms with Gasteiger partial charge in [0.1, 0.15) is 17.9 Å². The number of aliphatic hydroxyl groups is 1. The number of methoxy groups -OCH3 is 2. The van der Waals surface area contributed by atoms with Crippen molar-refractivity contribution in [2.75, 3.05) is 34.0 Å². The number of esters is 1. The average Bonchev–Trinajstić information content (AvgIpc) is 2.87. The predicted octanol–water partition coefficient (Wildman–Crippen LogP) is 5.53. The van der Waals surface area contributed by atoms with Gasteiger partial charge in [-0.25, -0.2) is 9.98 Å². The van der Waals surface area contributed by atoms with Crippen molar-refractivity contribution >= 4 is 29.1 Å². The Morgan fingerprint density at radius 1 is 0.973 bits per heavy atom. The molecule has 9 heteroatoms. The minimum atomic E-state index is -0.548. The number of nitrogens with zero attached hydrogens (tertiary/aromatic N) is 2. The van der Waals surface area contributed by atoms with Crippen LogP contribution in [0.1, 0.15) is 56.4 Å². The molecule has 1 aliphatic rings. The summed E-state index contributed by atoms with van der Waals surface area (Å²) in [6.45, 7) is 10.7. The summed E-state index contributed by atoms with van der Waals surface area (Å²) < 4.78 is 26.2. The smallest absolute Gasteiger partial charge is 0.315 e. The highest BCUT2D eigenvalue weighted by atomic mass is 16.5. The van der Waals surface area contributed by atoms with Gasteiger partial charge in [-0.2, -0.15) is 0 Å². The lowest BCUT2D eigenvalue weighted by Crippen LogP contribution is -2.15. The summed E-state index contributed by atoms with van der Waals surface area (Å²) in [5.41, 5.74) is 4.16. The van der Waals surface area contributed by atoms with Gasteiger partial charge in [0.25, 0.3) is 0 Å². The van der Waals surface area contributed by atoms with Gasteiger partial charge in [-0.15, -0.1) is 0 Å². The summed E-state index contributed by atoms with van der Waals surface area (Å²) in [6, 6.07) is 9.28. The summed E-state index contributed by atoms with van der Waals surface area (Å²) in [5.74, 6) is 2.11. The molecule has 37 heavy (non-hydrogen) atoms. The lowest BCUT2D eigenvalue weighted by Gasteiger charge is -2.22. The maximum Gasteiger partial charge on any atom is 0.315 e. The summed E-state index contributed by atoms with van der Waals surface area (Å²) in [4.78, 5) is 20.4. The van der Waals surface area contributed by atoms with Crippen LogP contribution in [-0.4, -0.2) is 56.9 Å². The van der Waals surface area contributed by atoms with Crippen LogP contribution in [-0.2, 0) is 19.0 Å². The molecule has 0 aromatic heterocycles.